The van der Waals surface area contributed by atoms with Gasteiger partial charge in [-0.3, -0.25) is 4.79 Å². The molecule has 0 saturated heterocycles. The predicted molar refractivity (Wildman–Crippen MR) is 98.5 cm³/mol. The molecule has 0 aliphatic rings. The number of aromatic nitrogens is 2. The average molecular weight is 369 g/mol. The van der Waals surface area contributed by atoms with Crippen molar-refractivity contribution < 1.29 is 13.6 Å². The maximum atomic E-state index is 13.0. The van der Waals surface area contributed by atoms with Gasteiger partial charge < -0.3 is 9.73 Å². The minimum Gasteiger partial charge on any atom is -0.388 e. The molecule has 3 rings (SSSR count). The fourth-order valence-electron chi connectivity index (χ4n) is 2.71. The highest BCUT2D eigenvalue weighted by Gasteiger charge is 2.16. The van der Waals surface area contributed by atoms with Crippen molar-refractivity contribution >= 4 is 5.91 Å². The molecule has 27 heavy (non-hydrogen) atoms. The highest BCUT2D eigenvalue weighted by molar-refractivity contribution is 5.76. The summed E-state index contributed by atoms with van der Waals surface area (Å²) in [7, 11) is 0. The van der Waals surface area contributed by atoms with Gasteiger partial charge in [-0.25, -0.2) is 9.18 Å². The number of aryl methyl sites for hydroxylation is 1. The zero-order valence-corrected chi connectivity index (χ0v) is 15.1. The van der Waals surface area contributed by atoms with E-state index in [1.54, 1.807) is 0 Å². The molecule has 1 heterocycles. The first-order chi connectivity index (χ1) is 13.0. The molecule has 1 N–H and O–H groups in total. The molecule has 0 spiro atoms. The molecule has 1 amide bonds. The van der Waals surface area contributed by atoms with Crippen LogP contribution in [0.4, 0.5) is 4.39 Å². The van der Waals surface area contributed by atoms with Gasteiger partial charge in [0.25, 0.3) is 0 Å². The Morgan fingerprint density at radius 3 is 2.48 bits per heavy atom. The number of nitrogens with zero attached hydrogens (tertiary/aromatic N) is 2. The van der Waals surface area contributed by atoms with Crippen LogP contribution < -0.4 is 11.1 Å². The van der Waals surface area contributed by atoms with Crippen molar-refractivity contribution in [2.75, 3.05) is 0 Å². The van der Waals surface area contributed by atoms with Crippen LogP contribution in [0.1, 0.15) is 30.5 Å². The van der Waals surface area contributed by atoms with E-state index in [9.17, 15) is 14.0 Å². The van der Waals surface area contributed by atoms with E-state index in [-0.39, 0.29) is 24.4 Å². The zero-order valence-electron chi connectivity index (χ0n) is 15.1. The van der Waals surface area contributed by atoms with Gasteiger partial charge in [-0.15, -0.1) is 5.10 Å². The third kappa shape index (κ3) is 4.49. The first-order valence-corrected chi connectivity index (χ1v) is 8.66. The number of nitrogens with one attached hydrogen (secondary N) is 1. The van der Waals surface area contributed by atoms with Crippen molar-refractivity contribution in [1.82, 2.24) is 15.1 Å². The Morgan fingerprint density at radius 1 is 1.19 bits per heavy atom. The molecule has 0 aliphatic carbocycles. The summed E-state index contributed by atoms with van der Waals surface area (Å²) in [6.45, 7) is 3.71. The number of amides is 1. The van der Waals surface area contributed by atoms with Crippen LogP contribution in [0.3, 0.4) is 0 Å². The summed E-state index contributed by atoms with van der Waals surface area (Å²) in [4.78, 5) is 24.3. The van der Waals surface area contributed by atoms with Crippen molar-refractivity contribution in [3.8, 4) is 11.5 Å². The Balaban J connectivity index is 1.71. The second-order valence-electron chi connectivity index (χ2n) is 6.28. The monoisotopic (exact) mass is 369 g/mol. The molecule has 1 aromatic heterocycles. The van der Waals surface area contributed by atoms with Gasteiger partial charge in [-0.1, -0.05) is 36.8 Å². The summed E-state index contributed by atoms with van der Waals surface area (Å²) in [6.07, 6.45) is 0.712. The summed E-state index contributed by atoms with van der Waals surface area (Å²) in [5.41, 5.74) is 2.59. The van der Waals surface area contributed by atoms with Gasteiger partial charge in [0, 0.05) is 5.56 Å². The van der Waals surface area contributed by atoms with E-state index in [0.717, 1.165) is 15.8 Å². The van der Waals surface area contributed by atoms with Crippen LogP contribution in [0, 0.1) is 12.7 Å². The number of halogens is 1. The van der Waals surface area contributed by atoms with Crippen molar-refractivity contribution in [2.45, 2.75) is 32.9 Å². The van der Waals surface area contributed by atoms with Crippen LogP contribution in [0.5, 0.6) is 0 Å². The maximum absolute atomic E-state index is 13.0. The normalized spacial score (nSPS) is 12.0. The predicted octanol–water partition coefficient (Wildman–Crippen LogP) is 3.22. The quantitative estimate of drug-likeness (QED) is 0.724. The molecule has 3 aromatic rings. The van der Waals surface area contributed by atoms with E-state index in [4.69, 9.17) is 4.42 Å². The lowest BCUT2D eigenvalue weighted by Gasteiger charge is -2.17. The topological polar surface area (TPSA) is 77.1 Å². The fourth-order valence-corrected chi connectivity index (χ4v) is 2.71. The van der Waals surface area contributed by atoms with Crippen LogP contribution in [-0.2, 0) is 11.3 Å². The average Bonchev–Trinajstić information content (AvgIpc) is 3.01. The van der Waals surface area contributed by atoms with Crippen LogP contribution in [0.25, 0.3) is 11.5 Å². The Morgan fingerprint density at radius 2 is 1.85 bits per heavy atom. The smallest absolute Gasteiger partial charge is 0.388 e. The molecular formula is C20H20FN3O3. The lowest BCUT2D eigenvalue weighted by molar-refractivity contribution is -0.122. The van der Waals surface area contributed by atoms with E-state index in [1.807, 2.05) is 38.1 Å². The Labute approximate surface area is 155 Å². The van der Waals surface area contributed by atoms with E-state index in [0.29, 0.717) is 12.0 Å². The van der Waals surface area contributed by atoms with Gasteiger partial charge in [0.1, 0.15) is 12.4 Å². The number of benzene rings is 2. The lowest BCUT2D eigenvalue weighted by atomic mass is 10.0. The first kappa shape index (κ1) is 18.6. The Hall–Kier alpha value is -3.22. The zero-order chi connectivity index (χ0) is 19.4. The summed E-state index contributed by atoms with van der Waals surface area (Å²) >= 11 is 0. The Kier molecular flexibility index (Phi) is 5.49. The first-order valence-electron chi connectivity index (χ1n) is 8.66. The summed E-state index contributed by atoms with van der Waals surface area (Å²) in [5, 5.41) is 6.93. The molecule has 0 saturated carbocycles. The van der Waals surface area contributed by atoms with E-state index < -0.39 is 11.6 Å². The SMILES string of the molecule is CCC(NC(=O)Cn1nc(-c2ccc(F)cc2)oc1=O)c1ccc(C)cc1. The molecule has 0 aliphatic heterocycles. The molecule has 0 fully saturated rings. The molecule has 0 bridgehead atoms. The summed E-state index contributed by atoms with van der Waals surface area (Å²) < 4.78 is 19.0. The van der Waals surface area contributed by atoms with Crippen LogP contribution >= 0.6 is 0 Å². The highest BCUT2D eigenvalue weighted by Crippen LogP contribution is 2.18. The third-order valence-electron chi connectivity index (χ3n) is 4.21. The lowest BCUT2D eigenvalue weighted by Crippen LogP contribution is -2.34. The van der Waals surface area contributed by atoms with Crippen LogP contribution in [0.15, 0.2) is 57.7 Å². The number of hydrogen-bond donors (Lipinski definition) is 1. The van der Waals surface area contributed by atoms with Crippen molar-refractivity contribution in [1.29, 1.82) is 0 Å². The van der Waals surface area contributed by atoms with Crippen LogP contribution in [0.2, 0.25) is 0 Å². The summed E-state index contributed by atoms with van der Waals surface area (Å²) in [6, 6.07) is 13.2. The minimum absolute atomic E-state index is 0.0402. The molecule has 1 unspecified atom stereocenters. The molecule has 1 atom stereocenters. The molecule has 6 nitrogen and oxygen atoms in total. The second kappa shape index (κ2) is 7.99. The Bertz CT molecular complexity index is 975. The molecule has 140 valence electrons. The fraction of sp³-hybridized carbons (Fsp3) is 0.250. The second-order valence-corrected chi connectivity index (χ2v) is 6.28. The van der Waals surface area contributed by atoms with Gasteiger partial charge in [-0.2, -0.15) is 4.68 Å². The minimum atomic E-state index is -0.743. The van der Waals surface area contributed by atoms with E-state index in [2.05, 4.69) is 10.4 Å². The molecule has 7 heteroatoms. The highest BCUT2D eigenvalue weighted by atomic mass is 19.1. The van der Waals surface area contributed by atoms with Gasteiger partial charge in [-0.05, 0) is 43.2 Å². The van der Waals surface area contributed by atoms with Crippen molar-refractivity contribution in [3.63, 3.8) is 0 Å². The summed E-state index contributed by atoms with van der Waals surface area (Å²) in [5.74, 6) is -1.45. The number of hydrogen-bond acceptors (Lipinski definition) is 4. The standard InChI is InChI=1S/C20H20FN3O3/c1-3-17(14-6-4-13(2)5-7-14)22-18(25)12-24-20(26)27-19(23-24)15-8-10-16(21)11-9-15/h4-11,17H,3,12H2,1-2H3,(H,22,25). The van der Waals surface area contributed by atoms with Gasteiger partial charge in [0.15, 0.2) is 0 Å². The van der Waals surface area contributed by atoms with E-state index in [1.165, 1.54) is 24.3 Å². The molecule has 2 aromatic carbocycles. The van der Waals surface area contributed by atoms with Gasteiger partial charge in [0.2, 0.25) is 11.8 Å². The van der Waals surface area contributed by atoms with Gasteiger partial charge >= 0.3 is 5.76 Å². The maximum Gasteiger partial charge on any atom is 0.437 e. The van der Waals surface area contributed by atoms with Crippen molar-refractivity contribution in [2.24, 2.45) is 0 Å². The largest absolute Gasteiger partial charge is 0.437 e. The third-order valence-corrected chi connectivity index (χ3v) is 4.21. The number of carbonyl (C=O) groups excluding carboxylic acids is 1. The van der Waals surface area contributed by atoms with Crippen molar-refractivity contribution in [3.05, 3.63) is 76.0 Å². The number of carbonyl (C=O) groups is 1. The number of rotatable bonds is 6. The van der Waals surface area contributed by atoms with E-state index >= 15 is 0 Å². The van der Waals surface area contributed by atoms with Crippen LogP contribution in [-0.4, -0.2) is 15.7 Å². The molecule has 0 radical (unpaired) electrons. The molecular weight excluding hydrogens is 349 g/mol. The van der Waals surface area contributed by atoms with Gasteiger partial charge in [0.05, 0.1) is 6.04 Å².